The van der Waals surface area contributed by atoms with Crippen LogP contribution in [0, 0.1) is 11.8 Å². The Morgan fingerprint density at radius 3 is 2.41 bits per heavy atom. The van der Waals surface area contributed by atoms with Crippen molar-refractivity contribution < 1.29 is 10.3 Å². The molecule has 1 heterocycles. The number of fused-ring (bicyclic) bond motifs is 2. The minimum absolute atomic E-state index is 0.313. The number of nitrogens with zero attached hydrogens (tertiary/aromatic N) is 3. The van der Waals surface area contributed by atoms with Crippen molar-refractivity contribution >= 4 is 11.4 Å². The first-order valence-corrected chi connectivity index (χ1v) is 8.26. The Morgan fingerprint density at radius 1 is 1.00 bits per heavy atom. The van der Waals surface area contributed by atoms with E-state index in [1.54, 1.807) is 12.1 Å². The minimum Gasteiger partial charge on any atom is -0.508 e. The quantitative estimate of drug-likeness (QED) is 0.649. The molecule has 2 bridgehead atoms. The SMILES string of the molecule is O/N=C1\[C@H]2CC[C@H](C2)[C@H]1N1CCN(c2ccc(O)cc2)CC1. The van der Waals surface area contributed by atoms with Crippen molar-refractivity contribution in [2.45, 2.75) is 25.3 Å². The highest BCUT2D eigenvalue weighted by molar-refractivity contribution is 5.94. The van der Waals surface area contributed by atoms with Crippen LogP contribution in [0.1, 0.15) is 19.3 Å². The van der Waals surface area contributed by atoms with Crippen molar-refractivity contribution in [2.24, 2.45) is 17.0 Å². The Kier molecular flexibility index (Phi) is 3.45. The number of hydrogen-bond donors (Lipinski definition) is 2. The first kappa shape index (κ1) is 13.9. The molecule has 4 rings (SSSR count). The molecule has 3 atom stereocenters. The number of oxime groups is 1. The largest absolute Gasteiger partial charge is 0.508 e. The smallest absolute Gasteiger partial charge is 0.115 e. The van der Waals surface area contributed by atoms with Gasteiger partial charge in [-0.3, -0.25) is 4.90 Å². The van der Waals surface area contributed by atoms with Crippen LogP contribution in [-0.4, -0.2) is 53.1 Å². The number of rotatable bonds is 2. The van der Waals surface area contributed by atoms with Gasteiger partial charge in [0, 0.05) is 37.8 Å². The van der Waals surface area contributed by atoms with Crippen LogP contribution in [0.15, 0.2) is 29.4 Å². The van der Waals surface area contributed by atoms with E-state index in [1.165, 1.54) is 24.9 Å². The fraction of sp³-hybridized carbons (Fsp3) is 0.588. The molecule has 0 unspecified atom stereocenters. The van der Waals surface area contributed by atoms with E-state index in [1.807, 2.05) is 12.1 Å². The lowest BCUT2D eigenvalue weighted by molar-refractivity contribution is 0.181. The Labute approximate surface area is 130 Å². The normalized spacial score (nSPS) is 33.7. The van der Waals surface area contributed by atoms with E-state index in [9.17, 15) is 10.3 Å². The highest BCUT2D eigenvalue weighted by atomic mass is 16.4. The Hall–Kier alpha value is -1.75. The molecule has 2 aliphatic carbocycles. The number of hydrogen-bond acceptors (Lipinski definition) is 5. The molecule has 22 heavy (non-hydrogen) atoms. The molecule has 1 aliphatic heterocycles. The van der Waals surface area contributed by atoms with Gasteiger partial charge in [-0.05, 0) is 49.4 Å². The average molecular weight is 301 g/mol. The maximum Gasteiger partial charge on any atom is 0.115 e. The summed E-state index contributed by atoms with van der Waals surface area (Å²) in [6.45, 7) is 3.98. The molecular formula is C17H23N3O2. The number of anilines is 1. The molecular weight excluding hydrogens is 278 g/mol. The van der Waals surface area contributed by atoms with E-state index < -0.39 is 0 Å². The summed E-state index contributed by atoms with van der Waals surface area (Å²) < 4.78 is 0. The van der Waals surface area contributed by atoms with Crippen molar-refractivity contribution in [3.05, 3.63) is 24.3 Å². The predicted molar refractivity (Wildman–Crippen MR) is 85.7 cm³/mol. The summed E-state index contributed by atoms with van der Waals surface area (Å²) >= 11 is 0. The van der Waals surface area contributed by atoms with E-state index in [0.717, 1.165) is 31.9 Å². The second kappa shape index (κ2) is 5.47. The number of piperazine rings is 1. The summed E-state index contributed by atoms with van der Waals surface area (Å²) in [5.74, 6) is 1.53. The fourth-order valence-electron chi connectivity index (χ4n) is 4.60. The summed E-state index contributed by atoms with van der Waals surface area (Å²) in [4.78, 5) is 4.87. The number of benzene rings is 1. The van der Waals surface area contributed by atoms with Crippen LogP contribution < -0.4 is 4.90 Å². The first-order valence-electron chi connectivity index (χ1n) is 8.26. The zero-order valence-corrected chi connectivity index (χ0v) is 12.7. The number of phenolic OH excluding ortho intramolecular Hbond substituents is 1. The van der Waals surface area contributed by atoms with Gasteiger partial charge in [0.05, 0.1) is 11.8 Å². The molecule has 2 saturated carbocycles. The van der Waals surface area contributed by atoms with Gasteiger partial charge in [0.25, 0.3) is 0 Å². The van der Waals surface area contributed by atoms with Gasteiger partial charge in [-0.2, -0.15) is 0 Å². The van der Waals surface area contributed by atoms with Crippen molar-refractivity contribution in [2.75, 3.05) is 31.1 Å². The molecule has 0 spiro atoms. The Morgan fingerprint density at radius 2 is 1.73 bits per heavy atom. The van der Waals surface area contributed by atoms with Gasteiger partial charge in [0.15, 0.2) is 0 Å². The first-order chi connectivity index (χ1) is 10.8. The van der Waals surface area contributed by atoms with Crippen molar-refractivity contribution in [3.63, 3.8) is 0 Å². The van der Waals surface area contributed by atoms with E-state index >= 15 is 0 Å². The van der Waals surface area contributed by atoms with E-state index in [4.69, 9.17) is 0 Å². The minimum atomic E-state index is 0.313. The summed E-state index contributed by atoms with van der Waals surface area (Å²) in [5, 5.41) is 22.4. The standard InChI is InChI=1S/C17H23N3O2/c21-15-5-3-14(4-6-15)19-7-9-20(10-8-19)17-13-2-1-12(11-13)16(17)18-22/h3-6,12-13,17,21-22H,1-2,7-11H2/b18-16+/t12-,13+,17+/m0/s1. The molecule has 0 aromatic heterocycles. The van der Waals surface area contributed by atoms with Gasteiger partial charge in [-0.1, -0.05) is 5.16 Å². The van der Waals surface area contributed by atoms with Gasteiger partial charge in [0.2, 0.25) is 0 Å². The van der Waals surface area contributed by atoms with Crippen LogP contribution in [0.3, 0.4) is 0 Å². The highest BCUT2D eigenvalue weighted by Crippen LogP contribution is 2.45. The summed E-state index contributed by atoms with van der Waals surface area (Å²) in [5.41, 5.74) is 2.20. The number of phenols is 1. The lowest BCUT2D eigenvalue weighted by atomic mass is 9.91. The Balaban J connectivity index is 1.43. The highest BCUT2D eigenvalue weighted by Gasteiger charge is 2.48. The summed E-state index contributed by atoms with van der Waals surface area (Å²) in [6.07, 6.45) is 3.70. The molecule has 5 nitrogen and oxygen atoms in total. The second-order valence-corrected chi connectivity index (χ2v) is 6.78. The Bertz CT molecular complexity index is 564. The van der Waals surface area contributed by atoms with Crippen LogP contribution in [0.25, 0.3) is 0 Å². The zero-order chi connectivity index (χ0) is 15.1. The maximum atomic E-state index is 9.39. The topological polar surface area (TPSA) is 59.3 Å². The van der Waals surface area contributed by atoms with Gasteiger partial charge < -0.3 is 15.2 Å². The van der Waals surface area contributed by atoms with E-state index in [0.29, 0.717) is 23.6 Å². The van der Waals surface area contributed by atoms with Gasteiger partial charge in [-0.25, -0.2) is 0 Å². The fourth-order valence-corrected chi connectivity index (χ4v) is 4.60. The lowest BCUT2D eigenvalue weighted by Crippen LogP contribution is -2.54. The van der Waals surface area contributed by atoms with Crippen LogP contribution in [-0.2, 0) is 0 Å². The lowest BCUT2D eigenvalue weighted by Gasteiger charge is -2.41. The molecule has 1 aromatic rings. The second-order valence-electron chi connectivity index (χ2n) is 6.78. The molecule has 5 heteroatoms. The third-order valence-electron chi connectivity index (χ3n) is 5.68. The molecule has 3 fully saturated rings. The summed E-state index contributed by atoms with van der Waals surface area (Å²) in [7, 11) is 0. The number of aromatic hydroxyl groups is 1. The van der Waals surface area contributed by atoms with E-state index in [-0.39, 0.29) is 0 Å². The molecule has 2 N–H and O–H groups in total. The molecule has 1 saturated heterocycles. The van der Waals surface area contributed by atoms with Crippen LogP contribution >= 0.6 is 0 Å². The monoisotopic (exact) mass is 301 g/mol. The molecule has 118 valence electrons. The van der Waals surface area contributed by atoms with Crippen molar-refractivity contribution in [3.8, 4) is 5.75 Å². The van der Waals surface area contributed by atoms with Gasteiger partial charge in [-0.15, -0.1) is 0 Å². The molecule has 0 amide bonds. The third-order valence-corrected chi connectivity index (χ3v) is 5.68. The maximum absolute atomic E-state index is 9.39. The zero-order valence-electron chi connectivity index (χ0n) is 12.7. The van der Waals surface area contributed by atoms with Crippen LogP contribution in [0.4, 0.5) is 5.69 Å². The average Bonchev–Trinajstić information content (AvgIpc) is 3.16. The van der Waals surface area contributed by atoms with E-state index in [2.05, 4.69) is 15.0 Å². The van der Waals surface area contributed by atoms with Gasteiger partial charge >= 0.3 is 0 Å². The van der Waals surface area contributed by atoms with Crippen LogP contribution in [0.2, 0.25) is 0 Å². The van der Waals surface area contributed by atoms with Crippen molar-refractivity contribution in [1.82, 2.24) is 4.90 Å². The molecule has 3 aliphatic rings. The third kappa shape index (κ3) is 2.24. The van der Waals surface area contributed by atoms with Gasteiger partial charge in [0.1, 0.15) is 5.75 Å². The summed E-state index contributed by atoms with van der Waals surface area (Å²) in [6, 6.07) is 7.81. The molecule has 0 radical (unpaired) electrons. The molecule has 1 aromatic carbocycles. The van der Waals surface area contributed by atoms with Crippen molar-refractivity contribution in [1.29, 1.82) is 0 Å². The van der Waals surface area contributed by atoms with Crippen LogP contribution in [0.5, 0.6) is 5.75 Å². The predicted octanol–water partition coefficient (Wildman–Crippen LogP) is 2.14.